The minimum absolute atomic E-state index is 0.0209. The lowest BCUT2D eigenvalue weighted by Gasteiger charge is -2.17. The molecule has 1 aromatic heterocycles. The molecule has 0 aliphatic carbocycles. The third-order valence-corrected chi connectivity index (χ3v) is 2.72. The summed E-state index contributed by atoms with van der Waals surface area (Å²) in [5, 5.41) is 2.89. The summed E-state index contributed by atoms with van der Waals surface area (Å²) < 4.78 is 1.79. The minimum Gasteiger partial charge on any atom is -0.388 e. The lowest BCUT2D eigenvalue weighted by molar-refractivity contribution is -0.124. The fraction of sp³-hybridized carbons (Fsp3) is 0.500. The zero-order chi connectivity index (χ0) is 13.0. The summed E-state index contributed by atoms with van der Waals surface area (Å²) in [6.07, 6.45) is 1.81. The number of thiocarbonyl (C=S) groups is 1. The Morgan fingerprint density at radius 3 is 2.71 bits per heavy atom. The van der Waals surface area contributed by atoms with Crippen LogP contribution < -0.4 is 11.1 Å². The number of carbonyl (C=O) groups is 1. The van der Waals surface area contributed by atoms with Gasteiger partial charge in [-0.1, -0.05) is 26.1 Å². The highest BCUT2D eigenvalue weighted by molar-refractivity contribution is 7.80. The van der Waals surface area contributed by atoms with E-state index in [2.05, 4.69) is 19.2 Å². The van der Waals surface area contributed by atoms with Crippen molar-refractivity contribution in [3.63, 3.8) is 0 Å². The molecule has 0 spiro atoms. The van der Waals surface area contributed by atoms with Gasteiger partial charge in [0, 0.05) is 12.7 Å². The summed E-state index contributed by atoms with van der Waals surface area (Å²) in [5.74, 6) is 0.415. The van der Waals surface area contributed by atoms with Crippen LogP contribution in [0.2, 0.25) is 0 Å². The molecule has 3 N–H and O–H groups in total. The van der Waals surface area contributed by atoms with Crippen molar-refractivity contribution in [3.05, 3.63) is 24.0 Å². The third kappa shape index (κ3) is 3.56. The Morgan fingerprint density at radius 2 is 2.18 bits per heavy atom. The number of aromatic nitrogens is 1. The second-order valence-corrected chi connectivity index (χ2v) is 4.92. The minimum atomic E-state index is -0.305. The van der Waals surface area contributed by atoms with Gasteiger partial charge in [-0.25, -0.2) is 0 Å². The molecule has 1 rings (SSSR count). The van der Waals surface area contributed by atoms with E-state index in [1.165, 1.54) is 0 Å². The molecule has 1 amide bonds. The SMILES string of the molecule is CC(C)CNC(=O)C(C)n1cccc1C(N)=S. The van der Waals surface area contributed by atoms with E-state index in [1.807, 2.05) is 25.3 Å². The normalized spacial score (nSPS) is 12.5. The van der Waals surface area contributed by atoms with E-state index in [-0.39, 0.29) is 11.9 Å². The Labute approximate surface area is 107 Å². The zero-order valence-electron chi connectivity index (χ0n) is 10.4. The molecule has 94 valence electrons. The molecular weight excluding hydrogens is 234 g/mol. The first kappa shape index (κ1) is 13.7. The second kappa shape index (κ2) is 5.82. The molecule has 0 saturated carbocycles. The van der Waals surface area contributed by atoms with Crippen LogP contribution in [0.1, 0.15) is 32.5 Å². The Morgan fingerprint density at radius 1 is 1.53 bits per heavy atom. The van der Waals surface area contributed by atoms with Gasteiger partial charge in [0.05, 0.1) is 5.69 Å². The highest BCUT2D eigenvalue weighted by Gasteiger charge is 2.17. The van der Waals surface area contributed by atoms with Crippen LogP contribution in [0.3, 0.4) is 0 Å². The standard InChI is InChI=1S/C12H19N3OS/c1-8(2)7-14-12(16)9(3)15-6-4-5-10(15)11(13)17/h4-6,8-9H,7H2,1-3H3,(H2,13,17)(H,14,16). The molecule has 4 nitrogen and oxygen atoms in total. The van der Waals surface area contributed by atoms with Gasteiger partial charge < -0.3 is 15.6 Å². The first-order valence-corrected chi connectivity index (χ1v) is 6.08. The summed E-state index contributed by atoms with van der Waals surface area (Å²) in [4.78, 5) is 12.2. The van der Waals surface area contributed by atoms with Gasteiger partial charge in [0.15, 0.2) is 0 Å². The van der Waals surface area contributed by atoms with E-state index in [9.17, 15) is 4.79 Å². The van der Waals surface area contributed by atoms with Gasteiger partial charge in [0.1, 0.15) is 11.0 Å². The van der Waals surface area contributed by atoms with Crippen LogP contribution in [0.5, 0.6) is 0 Å². The molecule has 0 aliphatic heterocycles. The van der Waals surface area contributed by atoms with Crippen molar-refractivity contribution in [2.24, 2.45) is 11.7 Å². The monoisotopic (exact) mass is 253 g/mol. The first-order chi connectivity index (χ1) is 7.93. The van der Waals surface area contributed by atoms with Crippen LogP contribution in [-0.4, -0.2) is 22.0 Å². The van der Waals surface area contributed by atoms with E-state index in [0.29, 0.717) is 23.1 Å². The van der Waals surface area contributed by atoms with Crippen molar-refractivity contribution in [1.82, 2.24) is 9.88 Å². The van der Waals surface area contributed by atoms with Gasteiger partial charge in [0.25, 0.3) is 0 Å². The molecule has 0 fully saturated rings. The van der Waals surface area contributed by atoms with Gasteiger partial charge in [-0.15, -0.1) is 0 Å². The number of carbonyl (C=O) groups excluding carboxylic acids is 1. The van der Waals surface area contributed by atoms with Crippen molar-refractivity contribution in [2.75, 3.05) is 6.54 Å². The average Bonchev–Trinajstić information content (AvgIpc) is 2.73. The highest BCUT2D eigenvalue weighted by Crippen LogP contribution is 2.12. The molecular formula is C12H19N3OS. The Bertz CT molecular complexity index is 412. The van der Waals surface area contributed by atoms with Crippen LogP contribution >= 0.6 is 12.2 Å². The van der Waals surface area contributed by atoms with Crippen molar-refractivity contribution in [1.29, 1.82) is 0 Å². The topological polar surface area (TPSA) is 60.0 Å². The number of hydrogen-bond donors (Lipinski definition) is 2. The number of rotatable bonds is 5. The predicted octanol–water partition coefficient (Wildman–Crippen LogP) is 1.46. The molecule has 1 atom stereocenters. The second-order valence-electron chi connectivity index (χ2n) is 4.48. The van der Waals surface area contributed by atoms with E-state index in [1.54, 1.807) is 4.57 Å². The molecule has 0 bridgehead atoms. The molecule has 0 aliphatic rings. The van der Waals surface area contributed by atoms with Crippen molar-refractivity contribution >= 4 is 23.1 Å². The number of hydrogen-bond acceptors (Lipinski definition) is 2. The quantitative estimate of drug-likeness (QED) is 0.781. The maximum Gasteiger partial charge on any atom is 0.242 e. The van der Waals surface area contributed by atoms with Gasteiger partial charge in [-0.3, -0.25) is 4.79 Å². The van der Waals surface area contributed by atoms with Crippen molar-refractivity contribution in [2.45, 2.75) is 26.8 Å². The Hall–Kier alpha value is -1.36. The van der Waals surface area contributed by atoms with E-state index < -0.39 is 0 Å². The fourth-order valence-corrected chi connectivity index (χ4v) is 1.69. The summed E-state index contributed by atoms with van der Waals surface area (Å²) in [5.41, 5.74) is 6.31. The van der Waals surface area contributed by atoms with Crippen LogP contribution in [0.15, 0.2) is 18.3 Å². The van der Waals surface area contributed by atoms with E-state index >= 15 is 0 Å². The summed E-state index contributed by atoms with van der Waals surface area (Å²) in [6, 6.07) is 3.34. The number of nitrogens with one attached hydrogen (secondary N) is 1. The van der Waals surface area contributed by atoms with Crippen molar-refractivity contribution < 1.29 is 4.79 Å². The number of amides is 1. The fourth-order valence-electron chi connectivity index (χ4n) is 1.52. The molecule has 5 heteroatoms. The maximum atomic E-state index is 11.9. The predicted molar refractivity (Wildman–Crippen MR) is 72.9 cm³/mol. The lowest BCUT2D eigenvalue weighted by atomic mass is 10.2. The Balaban J connectivity index is 2.75. The number of nitrogens with two attached hydrogens (primary N) is 1. The third-order valence-electron chi connectivity index (χ3n) is 2.51. The lowest BCUT2D eigenvalue weighted by Crippen LogP contribution is -2.34. The maximum absolute atomic E-state index is 11.9. The molecule has 1 unspecified atom stereocenters. The molecule has 0 aromatic carbocycles. The Kier molecular flexibility index (Phi) is 4.69. The summed E-state index contributed by atoms with van der Waals surface area (Å²) in [6.45, 7) is 6.62. The van der Waals surface area contributed by atoms with Crippen LogP contribution in [0.4, 0.5) is 0 Å². The number of nitrogens with zero attached hydrogens (tertiary/aromatic N) is 1. The van der Waals surface area contributed by atoms with Crippen LogP contribution in [0.25, 0.3) is 0 Å². The van der Waals surface area contributed by atoms with Gasteiger partial charge in [-0.05, 0) is 25.0 Å². The van der Waals surface area contributed by atoms with Gasteiger partial charge >= 0.3 is 0 Å². The molecule has 1 aromatic rings. The van der Waals surface area contributed by atoms with E-state index in [4.69, 9.17) is 18.0 Å². The van der Waals surface area contributed by atoms with Crippen molar-refractivity contribution in [3.8, 4) is 0 Å². The average molecular weight is 253 g/mol. The molecule has 1 heterocycles. The van der Waals surface area contributed by atoms with Gasteiger partial charge in [0.2, 0.25) is 5.91 Å². The summed E-state index contributed by atoms with van der Waals surface area (Å²) >= 11 is 4.94. The largest absolute Gasteiger partial charge is 0.388 e. The summed E-state index contributed by atoms with van der Waals surface area (Å²) in [7, 11) is 0. The zero-order valence-corrected chi connectivity index (χ0v) is 11.3. The van der Waals surface area contributed by atoms with Crippen LogP contribution in [-0.2, 0) is 4.79 Å². The smallest absolute Gasteiger partial charge is 0.242 e. The molecule has 0 radical (unpaired) electrons. The van der Waals surface area contributed by atoms with Gasteiger partial charge in [-0.2, -0.15) is 0 Å². The molecule has 0 saturated heterocycles. The van der Waals surface area contributed by atoms with Crippen LogP contribution in [0, 0.1) is 5.92 Å². The first-order valence-electron chi connectivity index (χ1n) is 5.67. The highest BCUT2D eigenvalue weighted by atomic mass is 32.1. The van der Waals surface area contributed by atoms with E-state index in [0.717, 1.165) is 0 Å². The molecule has 17 heavy (non-hydrogen) atoms.